The summed E-state index contributed by atoms with van der Waals surface area (Å²) < 4.78 is 28.1. The van der Waals surface area contributed by atoms with Gasteiger partial charge in [-0.1, -0.05) is 21.9 Å². The molecule has 0 amide bonds. The Bertz CT molecular complexity index is 772. The van der Waals surface area contributed by atoms with E-state index >= 15 is 0 Å². The number of ether oxygens (including phenoxy) is 1. The first kappa shape index (κ1) is 13.7. The Morgan fingerprint density at radius 2 is 2.10 bits per heavy atom. The van der Waals surface area contributed by atoms with Crippen LogP contribution in [0, 0.1) is 5.82 Å². The first-order valence-corrected chi connectivity index (χ1v) is 6.29. The lowest BCUT2D eigenvalue weighted by molar-refractivity contribution is 0.156. The summed E-state index contributed by atoms with van der Waals surface area (Å²) in [6, 6.07) is 5.56. The van der Waals surface area contributed by atoms with Crippen molar-refractivity contribution in [1.82, 2.24) is 15.3 Å². The molecule has 108 valence electrons. The molecule has 0 radical (unpaired) electrons. The molecule has 0 spiro atoms. The summed E-state index contributed by atoms with van der Waals surface area (Å²) >= 11 is 5.95. The Labute approximate surface area is 123 Å². The minimum Gasteiger partial charge on any atom is -0.377 e. The van der Waals surface area contributed by atoms with Crippen LogP contribution in [0.5, 0.6) is 0 Å². The molecule has 0 atom stereocenters. The van der Waals surface area contributed by atoms with Gasteiger partial charge in [0.15, 0.2) is 11.5 Å². The molecular weight excluding hydrogens is 301 g/mol. The van der Waals surface area contributed by atoms with Crippen LogP contribution in [-0.4, -0.2) is 22.4 Å². The summed E-state index contributed by atoms with van der Waals surface area (Å²) in [5.74, 6) is 0.517. The van der Waals surface area contributed by atoms with Crippen LogP contribution in [-0.2, 0) is 11.3 Å². The summed E-state index contributed by atoms with van der Waals surface area (Å²) in [4.78, 5) is 4.17. The summed E-state index contributed by atoms with van der Waals surface area (Å²) in [5, 5.41) is 7.80. The zero-order chi connectivity index (χ0) is 14.8. The predicted molar refractivity (Wildman–Crippen MR) is 70.9 cm³/mol. The van der Waals surface area contributed by atoms with E-state index in [1.165, 1.54) is 18.2 Å². The average Bonchev–Trinajstić information content (AvgIpc) is 3.08. The van der Waals surface area contributed by atoms with Gasteiger partial charge in [-0.25, -0.2) is 4.39 Å². The van der Waals surface area contributed by atoms with Gasteiger partial charge < -0.3 is 13.8 Å². The summed E-state index contributed by atoms with van der Waals surface area (Å²) in [6.45, 7) is 0.289. The lowest BCUT2D eigenvalue weighted by atomic mass is 10.2. The fourth-order valence-corrected chi connectivity index (χ4v) is 1.98. The van der Waals surface area contributed by atoms with E-state index in [0.717, 1.165) is 0 Å². The zero-order valence-corrected chi connectivity index (χ0v) is 11.6. The Morgan fingerprint density at radius 1 is 1.24 bits per heavy atom. The fraction of sp³-hybridized carbons (Fsp3) is 0.154. The van der Waals surface area contributed by atoms with Crippen molar-refractivity contribution in [1.29, 1.82) is 0 Å². The molecule has 0 N–H and O–H groups in total. The van der Waals surface area contributed by atoms with Crippen LogP contribution in [0.3, 0.4) is 0 Å². The molecule has 1 aromatic carbocycles. The summed E-state index contributed by atoms with van der Waals surface area (Å²) in [7, 11) is 1.55. The molecule has 0 unspecified atom stereocenters. The minimum absolute atomic E-state index is 0.177. The van der Waals surface area contributed by atoms with Gasteiger partial charge in [0, 0.05) is 18.7 Å². The molecular formula is C13H9ClFN3O3. The van der Waals surface area contributed by atoms with Crippen molar-refractivity contribution in [3.05, 3.63) is 40.9 Å². The predicted octanol–water partition coefficient (Wildman–Crippen LogP) is 3.33. The van der Waals surface area contributed by atoms with E-state index in [0.29, 0.717) is 17.0 Å². The zero-order valence-electron chi connectivity index (χ0n) is 10.8. The Balaban J connectivity index is 1.91. The molecule has 0 bridgehead atoms. The maximum absolute atomic E-state index is 13.0. The quantitative estimate of drug-likeness (QED) is 0.736. The highest BCUT2D eigenvalue weighted by Gasteiger charge is 2.16. The highest BCUT2D eigenvalue weighted by atomic mass is 35.5. The largest absolute Gasteiger partial charge is 0.377 e. The molecule has 2 aromatic heterocycles. The second kappa shape index (κ2) is 5.63. The third kappa shape index (κ3) is 2.79. The highest BCUT2D eigenvalue weighted by molar-refractivity contribution is 6.33. The van der Waals surface area contributed by atoms with Crippen molar-refractivity contribution in [3.63, 3.8) is 0 Å². The number of rotatable bonds is 4. The van der Waals surface area contributed by atoms with Crippen LogP contribution < -0.4 is 0 Å². The van der Waals surface area contributed by atoms with E-state index in [-0.39, 0.29) is 23.3 Å². The Hall–Kier alpha value is -2.25. The van der Waals surface area contributed by atoms with Crippen LogP contribution in [0.4, 0.5) is 4.39 Å². The van der Waals surface area contributed by atoms with Crippen molar-refractivity contribution in [2.45, 2.75) is 6.61 Å². The molecule has 3 aromatic rings. The van der Waals surface area contributed by atoms with Crippen molar-refractivity contribution in [3.8, 4) is 23.0 Å². The maximum atomic E-state index is 13.0. The van der Waals surface area contributed by atoms with E-state index in [1.807, 2.05) is 0 Å². The number of hydrogen-bond acceptors (Lipinski definition) is 6. The second-order valence-corrected chi connectivity index (χ2v) is 4.57. The van der Waals surface area contributed by atoms with Crippen LogP contribution in [0.25, 0.3) is 23.0 Å². The number of aromatic nitrogens is 3. The van der Waals surface area contributed by atoms with Gasteiger partial charge in [-0.2, -0.15) is 4.98 Å². The lowest BCUT2D eigenvalue weighted by Gasteiger charge is -1.97. The standard InChI is InChI=1S/C13H9ClFN3O3/c1-19-6-8-5-11(17-20-8)13-16-12(18-21-13)9-3-2-7(15)4-10(9)14/h2-5H,6H2,1H3. The lowest BCUT2D eigenvalue weighted by Crippen LogP contribution is -1.84. The molecule has 0 saturated heterocycles. The van der Waals surface area contributed by atoms with Crippen LogP contribution in [0.2, 0.25) is 5.02 Å². The normalized spacial score (nSPS) is 11.0. The maximum Gasteiger partial charge on any atom is 0.280 e. The number of halogens is 2. The molecule has 8 heteroatoms. The van der Waals surface area contributed by atoms with Gasteiger partial charge in [-0.15, -0.1) is 0 Å². The summed E-state index contributed by atoms with van der Waals surface area (Å²) in [6.07, 6.45) is 0. The minimum atomic E-state index is -0.437. The van der Waals surface area contributed by atoms with Crippen molar-refractivity contribution in [2.75, 3.05) is 7.11 Å². The van der Waals surface area contributed by atoms with Gasteiger partial charge in [0.2, 0.25) is 5.82 Å². The second-order valence-electron chi connectivity index (χ2n) is 4.16. The van der Waals surface area contributed by atoms with Crippen molar-refractivity contribution >= 4 is 11.6 Å². The van der Waals surface area contributed by atoms with E-state index in [1.54, 1.807) is 13.2 Å². The average molecular weight is 310 g/mol. The van der Waals surface area contributed by atoms with Gasteiger partial charge in [0.1, 0.15) is 12.4 Å². The smallest absolute Gasteiger partial charge is 0.280 e. The topological polar surface area (TPSA) is 74.2 Å². The van der Waals surface area contributed by atoms with Crippen molar-refractivity contribution in [2.24, 2.45) is 0 Å². The first-order valence-electron chi connectivity index (χ1n) is 5.91. The monoisotopic (exact) mass is 309 g/mol. The third-order valence-electron chi connectivity index (χ3n) is 2.66. The summed E-state index contributed by atoms with van der Waals surface area (Å²) in [5.41, 5.74) is 0.854. The Kier molecular flexibility index (Phi) is 3.68. The molecule has 21 heavy (non-hydrogen) atoms. The van der Waals surface area contributed by atoms with E-state index in [2.05, 4.69) is 15.3 Å². The van der Waals surface area contributed by atoms with Gasteiger partial charge >= 0.3 is 0 Å². The number of benzene rings is 1. The van der Waals surface area contributed by atoms with Crippen LogP contribution in [0.1, 0.15) is 5.76 Å². The molecule has 0 aliphatic heterocycles. The number of nitrogens with zero attached hydrogens (tertiary/aromatic N) is 3. The number of hydrogen-bond donors (Lipinski definition) is 0. The van der Waals surface area contributed by atoms with Gasteiger partial charge in [-0.3, -0.25) is 0 Å². The Morgan fingerprint density at radius 3 is 2.86 bits per heavy atom. The molecule has 2 heterocycles. The molecule has 0 aliphatic carbocycles. The molecule has 0 aliphatic rings. The van der Waals surface area contributed by atoms with Crippen LogP contribution in [0.15, 0.2) is 33.3 Å². The SMILES string of the molecule is COCc1cc(-c2nc(-c3ccc(F)cc3Cl)no2)no1. The molecule has 6 nitrogen and oxygen atoms in total. The molecule has 3 rings (SSSR count). The van der Waals surface area contributed by atoms with Gasteiger partial charge in [0.05, 0.1) is 5.02 Å². The van der Waals surface area contributed by atoms with E-state index < -0.39 is 5.82 Å². The van der Waals surface area contributed by atoms with Gasteiger partial charge in [-0.05, 0) is 18.2 Å². The van der Waals surface area contributed by atoms with E-state index in [4.69, 9.17) is 25.4 Å². The van der Waals surface area contributed by atoms with Crippen LogP contribution >= 0.6 is 11.6 Å². The first-order chi connectivity index (χ1) is 10.2. The van der Waals surface area contributed by atoms with Crippen molar-refractivity contribution < 1.29 is 18.2 Å². The molecule has 0 saturated carbocycles. The third-order valence-corrected chi connectivity index (χ3v) is 2.98. The highest BCUT2D eigenvalue weighted by Crippen LogP contribution is 2.28. The van der Waals surface area contributed by atoms with E-state index in [9.17, 15) is 4.39 Å². The van der Waals surface area contributed by atoms with Gasteiger partial charge in [0.25, 0.3) is 5.89 Å². The fourth-order valence-electron chi connectivity index (χ4n) is 1.73. The molecule has 0 fully saturated rings. The number of methoxy groups -OCH3 is 1.